The molecule has 3 aromatic rings. The highest BCUT2D eigenvalue weighted by atomic mass is 19.1. The minimum atomic E-state index is -0.666. The Balaban J connectivity index is 1.76. The van der Waals surface area contributed by atoms with Gasteiger partial charge in [0.25, 0.3) is 0 Å². The van der Waals surface area contributed by atoms with Crippen molar-refractivity contribution in [2.45, 2.75) is 13.8 Å². The van der Waals surface area contributed by atoms with Gasteiger partial charge in [-0.05, 0) is 55.8 Å². The highest BCUT2D eigenvalue weighted by Gasteiger charge is 2.07. The van der Waals surface area contributed by atoms with Crippen LogP contribution in [0.2, 0.25) is 0 Å². The number of benzene rings is 2. The minimum absolute atomic E-state index is 0.237. The summed E-state index contributed by atoms with van der Waals surface area (Å²) >= 11 is 0. The second-order valence-electron chi connectivity index (χ2n) is 5.59. The normalized spacial score (nSPS) is 10.6. The fourth-order valence-electron chi connectivity index (χ4n) is 2.12. The lowest BCUT2D eigenvalue weighted by Crippen LogP contribution is -1.91. The number of halogens is 2. The van der Waals surface area contributed by atoms with Gasteiger partial charge in [0.15, 0.2) is 0 Å². The van der Waals surface area contributed by atoms with E-state index in [4.69, 9.17) is 0 Å². The van der Waals surface area contributed by atoms with Crippen LogP contribution in [0.25, 0.3) is 0 Å². The molecule has 26 heavy (non-hydrogen) atoms. The van der Waals surface area contributed by atoms with Crippen molar-refractivity contribution in [1.82, 2.24) is 9.97 Å². The topological polar surface area (TPSA) is 50.5 Å². The summed E-state index contributed by atoms with van der Waals surface area (Å²) in [5.41, 5.74) is 2.05. The van der Waals surface area contributed by atoms with Crippen LogP contribution in [-0.2, 0) is 0 Å². The fraction of sp³-hybridized carbons (Fsp3) is 0.100. The predicted octanol–water partition coefficient (Wildman–Crippen LogP) is 5.19. The molecule has 1 heterocycles. The molecule has 0 atom stereocenters. The zero-order valence-electron chi connectivity index (χ0n) is 14.2. The number of aryl methyl sites for hydroxylation is 2. The van der Waals surface area contributed by atoms with Gasteiger partial charge in [-0.3, -0.25) is 0 Å². The SMILES string of the molecule is Cc1cc(F)c(C#Cc2ccc(N=Nc3cnc(C)nc3)cc2)c(F)c1. The molecule has 0 aliphatic carbocycles. The van der Waals surface area contributed by atoms with Crippen molar-refractivity contribution in [2.75, 3.05) is 0 Å². The van der Waals surface area contributed by atoms with E-state index < -0.39 is 11.6 Å². The number of azo groups is 1. The molecule has 0 radical (unpaired) electrons. The van der Waals surface area contributed by atoms with E-state index in [0.29, 0.717) is 28.3 Å². The minimum Gasteiger partial charge on any atom is -0.239 e. The van der Waals surface area contributed by atoms with Gasteiger partial charge in [-0.1, -0.05) is 11.8 Å². The van der Waals surface area contributed by atoms with E-state index in [1.165, 1.54) is 12.1 Å². The first-order valence-electron chi connectivity index (χ1n) is 7.79. The molecular weight excluding hydrogens is 334 g/mol. The number of aromatic nitrogens is 2. The van der Waals surface area contributed by atoms with E-state index in [9.17, 15) is 8.78 Å². The average molecular weight is 348 g/mol. The molecule has 0 saturated heterocycles. The van der Waals surface area contributed by atoms with Crippen LogP contribution < -0.4 is 0 Å². The molecular formula is C20H14F2N4. The Morgan fingerprint density at radius 1 is 0.808 bits per heavy atom. The fourth-order valence-corrected chi connectivity index (χ4v) is 2.12. The summed E-state index contributed by atoms with van der Waals surface area (Å²) in [5, 5.41) is 8.12. The van der Waals surface area contributed by atoms with E-state index in [0.717, 1.165) is 0 Å². The Morgan fingerprint density at radius 2 is 1.38 bits per heavy atom. The van der Waals surface area contributed by atoms with E-state index >= 15 is 0 Å². The van der Waals surface area contributed by atoms with Crippen LogP contribution in [0.15, 0.2) is 59.0 Å². The average Bonchev–Trinajstić information content (AvgIpc) is 2.61. The van der Waals surface area contributed by atoms with Crippen molar-refractivity contribution in [2.24, 2.45) is 10.2 Å². The van der Waals surface area contributed by atoms with E-state index in [2.05, 4.69) is 32.0 Å². The summed E-state index contributed by atoms with van der Waals surface area (Å²) in [6.45, 7) is 3.41. The molecule has 0 unspecified atom stereocenters. The lowest BCUT2D eigenvalue weighted by molar-refractivity contribution is 0.575. The van der Waals surface area contributed by atoms with E-state index in [1.807, 2.05) is 0 Å². The van der Waals surface area contributed by atoms with Crippen molar-refractivity contribution in [1.29, 1.82) is 0 Å². The molecule has 0 aliphatic heterocycles. The summed E-state index contributed by atoms with van der Waals surface area (Å²) in [4.78, 5) is 8.07. The van der Waals surface area contributed by atoms with Gasteiger partial charge >= 0.3 is 0 Å². The van der Waals surface area contributed by atoms with Gasteiger partial charge in [-0.25, -0.2) is 18.7 Å². The van der Waals surface area contributed by atoms with Gasteiger partial charge < -0.3 is 0 Å². The third-order valence-electron chi connectivity index (χ3n) is 3.43. The second-order valence-corrected chi connectivity index (χ2v) is 5.59. The summed E-state index contributed by atoms with van der Waals surface area (Å²) in [6.07, 6.45) is 3.16. The van der Waals surface area contributed by atoms with Crippen LogP contribution in [0.5, 0.6) is 0 Å². The highest BCUT2D eigenvalue weighted by Crippen LogP contribution is 2.18. The Bertz CT molecular complexity index is 991. The molecule has 0 N–H and O–H groups in total. The van der Waals surface area contributed by atoms with Gasteiger partial charge in [0.1, 0.15) is 23.1 Å². The maximum atomic E-state index is 13.8. The molecule has 0 saturated carbocycles. The second kappa shape index (κ2) is 7.62. The third kappa shape index (κ3) is 4.33. The zero-order valence-corrected chi connectivity index (χ0v) is 14.2. The summed E-state index contributed by atoms with van der Waals surface area (Å²) in [7, 11) is 0. The molecule has 0 amide bonds. The molecule has 0 aliphatic rings. The van der Waals surface area contributed by atoms with Crippen LogP contribution >= 0.6 is 0 Å². The van der Waals surface area contributed by atoms with Crippen molar-refractivity contribution in [3.05, 3.63) is 82.9 Å². The Labute approximate surface area is 149 Å². The van der Waals surface area contributed by atoms with E-state index in [-0.39, 0.29) is 5.56 Å². The highest BCUT2D eigenvalue weighted by molar-refractivity contribution is 5.48. The van der Waals surface area contributed by atoms with Crippen LogP contribution in [-0.4, -0.2) is 9.97 Å². The molecule has 0 bridgehead atoms. The van der Waals surface area contributed by atoms with Gasteiger partial charge in [0.05, 0.1) is 23.6 Å². The van der Waals surface area contributed by atoms with Crippen LogP contribution in [0.3, 0.4) is 0 Å². The maximum absolute atomic E-state index is 13.8. The summed E-state index contributed by atoms with van der Waals surface area (Å²) in [6, 6.07) is 9.35. The van der Waals surface area contributed by atoms with Gasteiger partial charge in [0.2, 0.25) is 0 Å². The predicted molar refractivity (Wildman–Crippen MR) is 94.5 cm³/mol. The molecule has 6 heteroatoms. The van der Waals surface area contributed by atoms with Crippen LogP contribution in [0.1, 0.15) is 22.5 Å². The van der Waals surface area contributed by atoms with Crippen molar-refractivity contribution < 1.29 is 8.78 Å². The van der Waals surface area contributed by atoms with Gasteiger partial charge in [-0.15, -0.1) is 5.11 Å². The number of nitrogens with zero attached hydrogens (tertiary/aromatic N) is 4. The molecule has 4 nitrogen and oxygen atoms in total. The molecule has 1 aromatic heterocycles. The summed E-state index contributed by atoms with van der Waals surface area (Å²) < 4.78 is 27.6. The zero-order chi connectivity index (χ0) is 18.5. The standard InChI is InChI=1S/C20H14F2N4/c1-13-9-19(21)18(20(22)10-13)8-5-15-3-6-16(7-4-15)25-26-17-11-23-14(2)24-12-17/h3-4,6-7,9-12H,1-2H3. The smallest absolute Gasteiger partial charge is 0.142 e. The lowest BCUT2D eigenvalue weighted by atomic mass is 10.1. The molecule has 3 rings (SSSR count). The van der Waals surface area contributed by atoms with Gasteiger partial charge in [-0.2, -0.15) is 5.11 Å². The van der Waals surface area contributed by atoms with E-state index in [1.54, 1.807) is 50.5 Å². The molecule has 0 fully saturated rings. The van der Waals surface area contributed by atoms with Crippen molar-refractivity contribution >= 4 is 11.4 Å². The van der Waals surface area contributed by atoms with Gasteiger partial charge in [0, 0.05) is 5.56 Å². The summed E-state index contributed by atoms with van der Waals surface area (Å²) in [5.74, 6) is 4.61. The quantitative estimate of drug-likeness (QED) is 0.473. The largest absolute Gasteiger partial charge is 0.239 e. The van der Waals surface area contributed by atoms with Crippen molar-refractivity contribution in [3.8, 4) is 11.8 Å². The Morgan fingerprint density at radius 3 is 2.00 bits per heavy atom. The number of hydrogen-bond donors (Lipinski definition) is 0. The molecule has 2 aromatic carbocycles. The number of rotatable bonds is 2. The Hall–Kier alpha value is -3.46. The lowest BCUT2D eigenvalue weighted by Gasteiger charge is -1.99. The first-order valence-corrected chi connectivity index (χ1v) is 7.79. The monoisotopic (exact) mass is 348 g/mol. The van der Waals surface area contributed by atoms with Crippen LogP contribution in [0, 0.1) is 37.3 Å². The van der Waals surface area contributed by atoms with Crippen LogP contribution in [0.4, 0.5) is 20.2 Å². The molecule has 0 spiro atoms. The molecule has 128 valence electrons. The Kier molecular flexibility index (Phi) is 5.09. The third-order valence-corrected chi connectivity index (χ3v) is 3.43. The maximum Gasteiger partial charge on any atom is 0.142 e. The first-order chi connectivity index (χ1) is 12.5. The number of hydrogen-bond acceptors (Lipinski definition) is 4. The van der Waals surface area contributed by atoms with Crippen molar-refractivity contribution in [3.63, 3.8) is 0 Å². The first kappa shape index (κ1) is 17.4.